The average Bonchev–Trinajstić information content (AvgIpc) is 3.37. The van der Waals surface area contributed by atoms with Crippen molar-refractivity contribution < 1.29 is 38.1 Å². The molecule has 0 saturated carbocycles. The van der Waals surface area contributed by atoms with Crippen LogP contribution in [0.2, 0.25) is 0 Å². The highest BCUT2D eigenvalue weighted by atomic mass is 16.6. The van der Waals surface area contributed by atoms with Crippen molar-refractivity contribution in [1.29, 1.82) is 0 Å². The van der Waals surface area contributed by atoms with Gasteiger partial charge in [-0.1, -0.05) is 55.1 Å². The van der Waals surface area contributed by atoms with Crippen LogP contribution >= 0.6 is 0 Å². The van der Waals surface area contributed by atoms with Gasteiger partial charge >= 0.3 is 23.9 Å². The van der Waals surface area contributed by atoms with Gasteiger partial charge in [0, 0.05) is 11.1 Å². The van der Waals surface area contributed by atoms with E-state index >= 15 is 0 Å². The van der Waals surface area contributed by atoms with Gasteiger partial charge in [-0.3, -0.25) is 0 Å². The van der Waals surface area contributed by atoms with Gasteiger partial charge in [-0.25, -0.2) is 19.2 Å². The Balaban J connectivity index is 1.39. The highest BCUT2D eigenvalue weighted by Gasteiger charge is 2.33. The summed E-state index contributed by atoms with van der Waals surface area (Å²) in [5.41, 5.74) is 4.10. The summed E-state index contributed by atoms with van der Waals surface area (Å²) >= 11 is 0. The van der Waals surface area contributed by atoms with Crippen LogP contribution in [0.25, 0.3) is 29.0 Å². The van der Waals surface area contributed by atoms with Crippen molar-refractivity contribution in [2.45, 2.75) is 39.9 Å². The molecule has 0 amide bonds. The summed E-state index contributed by atoms with van der Waals surface area (Å²) in [5, 5.41) is 1.41. The van der Waals surface area contributed by atoms with Crippen LogP contribution < -0.4 is 0 Å². The van der Waals surface area contributed by atoms with Crippen LogP contribution in [0.1, 0.15) is 65.1 Å². The molecule has 3 aromatic rings. The molecule has 2 unspecified atom stereocenters. The summed E-state index contributed by atoms with van der Waals surface area (Å²) < 4.78 is 21.0. The van der Waals surface area contributed by atoms with Gasteiger partial charge in [0.2, 0.25) is 11.5 Å². The number of fused-ring (bicyclic) bond motifs is 1. The zero-order chi connectivity index (χ0) is 30.1. The van der Waals surface area contributed by atoms with Gasteiger partial charge in [0.15, 0.2) is 0 Å². The second kappa shape index (κ2) is 11.3. The molecule has 8 heteroatoms. The maximum atomic E-state index is 13.1. The van der Waals surface area contributed by atoms with Crippen LogP contribution in [0.3, 0.4) is 0 Å². The Morgan fingerprint density at radius 2 is 1.36 bits per heavy atom. The normalized spacial score (nSPS) is 18.5. The molecule has 0 bridgehead atoms. The topological polar surface area (TPSA) is 105 Å². The second-order valence-corrected chi connectivity index (χ2v) is 10.1. The number of hydrogen-bond donors (Lipinski definition) is 0. The molecule has 5 rings (SSSR count). The molecule has 0 aliphatic carbocycles. The van der Waals surface area contributed by atoms with E-state index in [0.29, 0.717) is 22.1 Å². The standard InChI is InChI=1S/C34H28O8/c1-6-24-13-15-27(32(36)42-30-19(3)21(5)40-34(30)38)26-14-12-23(17-28(24)26)11-10-22-8-7-9-25(16-22)31(35)41-29-18(2)20(4)39-33(29)37/h6-17,20-21H,1H2,2-5H3/b11-10+. The Labute approximate surface area is 242 Å². The van der Waals surface area contributed by atoms with Gasteiger partial charge in [-0.2, -0.15) is 0 Å². The number of benzene rings is 3. The van der Waals surface area contributed by atoms with Crippen LogP contribution in [0, 0.1) is 0 Å². The summed E-state index contributed by atoms with van der Waals surface area (Å²) in [5.74, 6) is -2.78. The SMILES string of the molecule is C=Cc1ccc(C(=O)OC2=C(C)C(C)OC2=O)c2ccc(/C=C/c3cccc(C(=O)OC4=C(C)C(C)OC4=O)c3)cc12. The first-order chi connectivity index (χ1) is 20.1. The molecule has 0 N–H and O–H groups in total. The number of hydrogen-bond acceptors (Lipinski definition) is 8. The lowest BCUT2D eigenvalue weighted by molar-refractivity contribution is -0.142. The number of carbonyl (C=O) groups excluding carboxylic acids is 4. The van der Waals surface area contributed by atoms with Gasteiger partial charge in [-0.05, 0) is 79.4 Å². The van der Waals surface area contributed by atoms with Crippen LogP contribution in [0.4, 0.5) is 0 Å². The third-order valence-electron chi connectivity index (χ3n) is 7.37. The maximum Gasteiger partial charge on any atom is 0.375 e. The third-order valence-corrected chi connectivity index (χ3v) is 7.37. The first-order valence-corrected chi connectivity index (χ1v) is 13.3. The number of ether oxygens (including phenoxy) is 4. The minimum Gasteiger partial charge on any atom is -0.452 e. The number of cyclic esters (lactones) is 2. The fourth-order valence-corrected chi connectivity index (χ4v) is 4.65. The van der Waals surface area contributed by atoms with Crippen molar-refractivity contribution in [2.75, 3.05) is 0 Å². The molecule has 0 radical (unpaired) electrons. The quantitative estimate of drug-likeness (QED) is 0.184. The molecule has 0 fully saturated rings. The zero-order valence-corrected chi connectivity index (χ0v) is 23.6. The molecule has 42 heavy (non-hydrogen) atoms. The molecule has 8 nitrogen and oxygen atoms in total. The predicted octanol–water partition coefficient (Wildman–Crippen LogP) is 6.41. The maximum absolute atomic E-state index is 13.1. The molecule has 2 aliphatic rings. The molecule has 2 aliphatic heterocycles. The van der Waals surface area contributed by atoms with E-state index in [4.69, 9.17) is 18.9 Å². The lowest BCUT2D eigenvalue weighted by Crippen LogP contribution is -2.11. The summed E-state index contributed by atoms with van der Waals surface area (Å²) in [7, 11) is 0. The predicted molar refractivity (Wildman–Crippen MR) is 157 cm³/mol. The van der Waals surface area contributed by atoms with Crippen molar-refractivity contribution in [3.05, 3.63) is 112 Å². The van der Waals surface area contributed by atoms with Gasteiger partial charge in [0.1, 0.15) is 12.2 Å². The molecule has 3 aromatic carbocycles. The summed E-state index contributed by atoms with van der Waals surface area (Å²) in [4.78, 5) is 49.9. The number of rotatable bonds is 7. The number of esters is 4. The minimum atomic E-state index is -0.659. The molecule has 0 saturated heterocycles. The van der Waals surface area contributed by atoms with Crippen LogP contribution in [0.15, 0.2) is 83.8 Å². The van der Waals surface area contributed by atoms with Crippen molar-refractivity contribution in [2.24, 2.45) is 0 Å². The van der Waals surface area contributed by atoms with E-state index < -0.39 is 36.1 Å². The van der Waals surface area contributed by atoms with E-state index in [2.05, 4.69) is 6.58 Å². The lowest BCUT2D eigenvalue weighted by atomic mass is 9.97. The van der Waals surface area contributed by atoms with Crippen molar-refractivity contribution in [3.63, 3.8) is 0 Å². The van der Waals surface area contributed by atoms with E-state index in [1.807, 2.05) is 30.4 Å². The van der Waals surface area contributed by atoms with Crippen LogP contribution in [-0.2, 0) is 28.5 Å². The van der Waals surface area contributed by atoms with E-state index in [0.717, 1.165) is 22.1 Å². The molecule has 2 heterocycles. The fourth-order valence-electron chi connectivity index (χ4n) is 4.65. The fraction of sp³-hybridized carbons (Fsp3) is 0.176. The van der Waals surface area contributed by atoms with E-state index in [1.165, 1.54) is 0 Å². The largest absolute Gasteiger partial charge is 0.452 e. The van der Waals surface area contributed by atoms with E-state index in [1.54, 1.807) is 70.2 Å². The molecule has 0 aromatic heterocycles. The number of carbonyl (C=O) groups is 4. The van der Waals surface area contributed by atoms with Crippen LogP contribution in [0.5, 0.6) is 0 Å². The average molecular weight is 565 g/mol. The van der Waals surface area contributed by atoms with Crippen LogP contribution in [-0.4, -0.2) is 36.1 Å². The van der Waals surface area contributed by atoms with Crippen molar-refractivity contribution >= 4 is 52.9 Å². The molecule has 2 atom stereocenters. The Kier molecular flexibility index (Phi) is 7.63. The summed E-state index contributed by atoms with van der Waals surface area (Å²) in [6, 6.07) is 15.8. The monoisotopic (exact) mass is 564 g/mol. The second-order valence-electron chi connectivity index (χ2n) is 10.1. The zero-order valence-electron chi connectivity index (χ0n) is 23.6. The Hall–Kier alpha value is -5.24. The highest BCUT2D eigenvalue weighted by Crippen LogP contribution is 2.29. The van der Waals surface area contributed by atoms with Gasteiger partial charge in [0.25, 0.3) is 0 Å². The van der Waals surface area contributed by atoms with Gasteiger partial charge in [0.05, 0.1) is 11.1 Å². The van der Waals surface area contributed by atoms with E-state index in [9.17, 15) is 19.2 Å². The Bertz CT molecular complexity index is 1770. The molecular weight excluding hydrogens is 536 g/mol. The third kappa shape index (κ3) is 5.39. The van der Waals surface area contributed by atoms with Gasteiger partial charge < -0.3 is 18.9 Å². The highest BCUT2D eigenvalue weighted by molar-refractivity contribution is 6.09. The molecule has 0 spiro atoms. The first kappa shape index (κ1) is 28.3. The first-order valence-electron chi connectivity index (χ1n) is 13.3. The van der Waals surface area contributed by atoms with Crippen molar-refractivity contribution in [3.8, 4) is 0 Å². The van der Waals surface area contributed by atoms with E-state index in [-0.39, 0.29) is 17.1 Å². The molecule has 212 valence electrons. The van der Waals surface area contributed by atoms with Crippen molar-refractivity contribution in [1.82, 2.24) is 0 Å². The van der Waals surface area contributed by atoms with Gasteiger partial charge in [-0.15, -0.1) is 0 Å². The summed E-state index contributed by atoms with van der Waals surface area (Å²) in [6.45, 7) is 10.7. The Morgan fingerprint density at radius 3 is 1.93 bits per heavy atom. The lowest BCUT2D eigenvalue weighted by Gasteiger charge is -2.10. The Morgan fingerprint density at radius 1 is 0.762 bits per heavy atom. The summed E-state index contributed by atoms with van der Waals surface area (Å²) in [6.07, 6.45) is 4.52. The minimum absolute atomic E-state index is 0.0736. The smallest absolute Gasteiger partial charge is 0.375 e. The molecular formula is C34H28O8.